The molecule has 0 aliphatic rings. The van der Waals surface area contributed by atoms with Crippen LogP contribution in [-0.4, -0.2) is 39.3 Å². The fourth-order valence-electron chi connectivity index (χ4n) is 1.82. The molecule has 0 saturated heterocycles. The number of anilines is 1. The Labute approximate surface area is 154 Å². The van der Waals surface area contributed by atoms with E-state index in [0.717, 1.165) is 15.6 Å². The predicted octanol–water partition coefficient (Wildman–Crippen LogP) is 3.32. The molecule has 0 spiro atoms. The van der Waals surface area contributed by atoms with E-state index < -0.39 is 15.9 Å². The summed E-state index contributed by atoms with van der Waals surface area (Å²) in [6.07, 6.45) is 0. The van der Waals surface area contributed by atoms with E-state index in [1.54, 1.807) is 12.1 Å². The summed E-state index contributed by atoms with van der Waals surface area (Å²) in [7, 11) is -0.959. The lowest BCUT2D eigenvalue weighted by Crippen LogP contribution is -2.34. The number of carbonyl (C=O) groups is 1. The van der Waals surface area contributed by atoms with Crippen molar-refractivity contribution in [3.05, 3.63) is 39.7 Å². The molecule has 1 heterocycles. The Morgan fingerprint density at radius 3 is 2.54 bits per heavy atom. The molecule has 130 valence electrons. The van der Waals surface area contributed by atoms with Crippen molar-refractivity contribution < 1.29 is 17.9 Å². The Balaban J connectivity index is 2.05. The zero-order valence-corrected chi connectivity index (χ0v) is 15.9. The summed E-state index contributed by atoms with van der Waals surface area (Å²) in [5.74, 6) is -0.0195. The number of thiophene rings is 1. The second-order valence-electron chi connectivity index (χ2n) is 4.72. The van der Waals surface area contributed by atoms with Gasteiger partial charge in [0.1, 0.15) is 9.96 Å². The van der Waals surface area contributed by atoms with Crippen LogP contribution in [0.5, 0.6) is 5.75 Å². The van der Waals surface area contributed by atoms with Gasteiger partial charge in [-0.1, -0.05) is 23.2 Å². The number of hydrogen-bond donors (Lipinski definition) is 1. The Bertz CT molecular complexity index is 852. The summed E-state index contributed by atoms with van der Waals surface area (Å²) >= 11 is 12.7. The van der Waals surface area contributed by atoms with Crippen molar-refractivity contribution in [3.8, 4) is 5.75 Å². The minimum absolute atomic E-state index is 0.0790. The number of methoxy groups -OCH3 is 1. The third-order valence-corrected chi connectivity index (χ3v) is 6.81. The van der Waals surface area contributed by atoms with Gasteiger partial charge in [0.2, 0.25) is 5.91 Å². The highest BCUT2D eigenvalue weighted by molar-refractivity contribution is 7.91. The molecule has 0 unspecified atom stereocenters. The lowest BCUT2D eigenvalue weighted by Gasteiger charge is -2.16. The maximum absolute atomic E-state index is 12.3. The molecule has 2 rings (SSSR count). The first kappa shape index (κ1) is 19.0. The molecule has 6 nitrogen and oxygen atoms in total. The molecular formula is C14H14Cl2N2O4S2. The van der Waals surface area contributed by atoms with Crippen LogP contribution >= 0.6 is 34.5 Å². The van der Waals surface area contributed by atoms with Gasteiger partial charge in [-0.15, -0.1) is 11.3 Å². The molecule has 0 radical (unpaired) electrons. The van der Waals surface area contributed by atoms with Crippen molar-refractivity contribution in [1.82, 2.24) is 4.31 Å². The number of carbonyl (C=O) groups excluding carboxylic acids is 1. The van der Waals surface area contributed by atoms with Crippen LogP contribution in [0.15, 0.2) is 34.5 Å². The quantitative estimate of drug-likeness (QED) is 0.794. The fraction of sp³-hybridized carbons (Fsp3) is 0.214. The van der Waals surface area contributed by atoms with Gasteiger partial charge in [-0.3, -0.25) is 4.79 Å². The third-order valence-electron chi connectivity index (χ3n) is 3.01. The number of rotatable bonds is 6. The number of nitrogens with one attached hydrogen (secondary N) is 1. The zero-order chi connectivity index (χ0) is 17.9. The van der Waals surface area contributed by atoms with Crippen molar-refractivity contribution in [1.29, 1.82) is 0 Å². The average molecular weight is 409 g/mol. The second kappa shape index (κ2) is 7.71. The van der Waals surface area contributed by atoms with E-state index in [4.69, 9.17) is 27.9 Å². The minimum Gasteiger partial charge on any atom is -0.495 e. The van der Waals surface area contributed by atoms with Crippen LogP contribution in [0.4, 0.5) is 5.69 Å². The van der Waals surface area contributed by atoms with Gasteiger partial charge in [0.15, 0.2) is 0 Å². The van der Waals surface area contributed by atoms with Crippen molar-refractivity contribution in [2.45, 2.75) is 4.21 Å². The smallest absolute Gasteiger partial charge is 0.252 e. The van der Waals surface area contributed by atoms with Crippen LogP contribution in [0, 0.1) is 0 Å². The molecule has 24 heavy (non-hydrogen) atoms. The highest BCUT2D eigenvalue weighted by atomic mass is 35.5. The lowest BCUT2D eigenvalue weighted by molar-refractivity contribution is -0.116. The van der Waals surface area contributed by atoms with Crippen molar-refractivity contribution >= 4 is 56.2 Å². The first-order chi connectivity index (χ1) is 11.2. The summed E-state index contributed by atoms with van der Waals surface area (Å²) in [5.41, 5.74) is 0.441. The number of hydrogen-bond acceptors (Lipinski definition) is 5. The normalized spacial score (nSPS) is 11.5. The highest BCUT2D eigenvalue weighted by Gasteiger charge is 2.24. The monoisotopic (exact) mass is 408 g/mol. The Kier molecular flexibility index (Phi) is 6.11. The van der Waals surface area contributed by atoms with E-state index >= 15 is 0 Å². The third kappa shape index (κ3) is 4.40. The molecule has 0 aliphatic heterocycles. The summed E-state index contributed by atoms with van der Waals surface area (Å²) in [6, 6.07) is 7.63. The molecule has 10 heteroatoms. The molecule has 1 N–H and O–H groups in total. The molecule has 0 bridgehead atoms. The maximum atomic E-state index is 12.3. The minimum atomic E-state index is -3.76. The fourth-order valence-corrected chi connectivity index (χ4v) is 4.90. The van der Waals surface area contributed by atoms with Gasteiger partial charge in [0, 0.05) is 12.7 Å². The van der Waals surface area contributed by atoms with Gasteiger partial charge in [-0.05, 0) is 30.3 Å². The van der Waals surface area contributed by atoms with Gasteiger partial charge in [-0.25, -0.2) is 8.42 Å². The van der Waals surface area contributed by atoms with Crippen LogP contribution < -0.4 is 10.1 Å². The molecule has 1 aromatic heterocycles. The predicted molar refractivity (Wildman–Crippen MR) is 95.8 cm³/mol. The number of benzene rings is 1. The first-order valence-corrected chi connectivity index (χ1v) is 9.60. The van der Waals surface area contributed by atoms with Gasteiger partial charge in [0.05, 0.1) is 23.0 Å². The van der Waals surface area contributed by atoms with E-state index in [9.17, 15) is 13.2 Å². The molecular weight excluding hydrogens is 395 g/mol. The SMILES string of the molecule is COc1ccc(NC(=O)CN(C)S(=O)(=O)c2ccc(Cl)s2)cc1Cl. The van der Waals surface area contributed by atoms with Gasteiger partial charge < -0.3 is 10.1 Å². The average Bonchev–Trinajstić information content (AvgIpc) is 2.94. The molecule has 0 fully saturated rings. The van der Waals surface area contributed by atoms with Crippen molar-refractivity contribution in [2.24, 2.45) is 0 Å². The Hall–Kier alpha value is -1.32. The van der Waals surface area contributed by atoms with Crippen LogP contribution in [-0.2, 0) is 14.8 Å². The van der Waals surface area contributed by atoms with Crippen LogP contribution in [0.2, 0.25) is 9.36 Å². The number of nitrogens with zero attached hydrogens (tertiary/aromatic N) is 1. The van der Waals surface area contributed by atoms with E-state index in [0.29, 0.717) is 20.8 Å². The van der Waals surface area contributed by atoms with Crippen molar-refractivity contribution in [2.75, 3.05) is 26.0 Å². The lowest BCUT2D eigenvalue weighted by atomic mass is 10.3. The van der Waals surface area contributed by atoms with Crippen LogP contribution in [0.1, 0.15) is 0 Å². The molecule has 0 atom stereocenters. The molecule has 0 aliphatic carbocycles. The van der Waals surface area contributed by atoms with E-state index in [2.05, 4.69) is 5.32 Å². The second-order valence-corrected chi connectivity index (χ2v) is 9.11. The Morgan fingerprint density at radius 2 is 2.00 bits per heavy atom. The molecule has 1 aromatic carbocycles. The van der Waals surface area contributed by atoms with Gasteiger partial charge >= 0.3 is 0 Å². The number of halogens is 2. The zero-order valence-electron chi connectivity index (χ0n) is 12.7. The largest absolute Gasteiger partial charge is 0.495 e. The molecule has 1 amide bonds. The van der Waals surface area contributed by atoms with Crippen LogP contribution in [0.25, 0.3) is 0 Å². The number of likely N-dealkylation sites (N-methyl/N-ethyl adjacent to an activating group) is 1. The topological polar surface area (TPSA) is 75.7 Å². The molecule has 2 aromatic rings. The summed E-state index contributed by atoms with van der Waals surface area (Å²) in [6.45, 7) is -0.346. The van der Waals surface area contributed by atoms with Gasteiger partial charge in [-0.2, -0.15) is 4.31 Å². The molecule has 0 saturated carbocycles. The summed E-state index contributed by atoms with van der Waals surface area (Å²) in [5, 5.41) is 2.92. The van der Waals surface area contributed by atoms with E-state index in [1.807, 2.05) is 0 Å². The number of amides is 1. The summed E-state index contributed by atoms with van der Waals surface area (Å²) in [4.78, 5) is 12.1. The number of ether oxygens (including phenoxy) is 1. The van der Waals surface area contributed by atoms with Gasteiger partial charge in [0.25, 0.3) is 10.0 Å². The van der Waals surface area contributed by atoms with Crippen molar-refractivity contribution in [3.63, 3.8) is 0 Å². The Morgan fingerprint density at radius 1 is 1.29 bits per heavy atom. The summed E-state index contributed by atoms with van der Waals surface area (Å²) < 4.78 is 31.1. The first-order valence-electron chi connectivity index (χ1n) is 6.59. The number of sulfonamides is 1. The standard InChI is InChI=1S/C14H14Cl2N2O4S2/c1-18(24(20,21)14-6-5-12(16)23-14)8-13(19)17-9-3-4-11(22-2)10(15)7-9/h3-7H,8H2,1-2H3,(H,17,19). The highest BCUT2D eigenvalue weighted by Crippen LogP contribution is 2.28. The van der Waals surface area contributed by atoms with Crippen LogP contribution in [0.3, 0.4) is 0 Å². The van der Waals surface area contributed by atoms with E-state index in [1.165, 1.54) is 32.4 Å². The maximum Gasteiger partial charge on any atom is 0.252 e. The van der Waals surface area contributed by atoms with E-state index in [-0.39, 0.29) is 10.8 Å².